The number of rotatable bonds is 8. The second-order valence-electron chi connectivity index (χ2n) is 6.95. The van der Waals surface area contributed by atoms with E-state index < -0.39 is 5.91 Å². The van der Waals surface area contributed by atoms with Gasteiger partial charge in [0.05, 0.1) is 25.3 Å². The van der Waals surface area contributed by atoms with E-state index in [9.17, 15) is 9.59 Å². The van der Waals surface area contributed by atoms with Gasteiger partial charge in [0.15, 0.2) is 11.5 Å². The van der Waals surface area contributed by atoms with Crippen molar-refractivity contribution < 1.29 is 28.5 Å². The van der Waals surface area contributed by atoms with E-state index in [2.05, 4.69) is 5.32 Å². The van der Waals surface area contributed by atoms with Crippen molar-refractivity contribution in [1.82, 2.24) is 4.90 Å². The number of amides is 2. The van der Waals surface area contributed by atoms with E-state index in [1.54, 1.807) is 42.5 Å². The second-order valence-corrected chi connectivity index (χ2v) is 6.95. The van der Waals surface area contributed by atoms with Crippen molar-refractivity contribution in [3.63, 3.8) is 0 Å². The van der Waals surface area contributed by atoms with Crippen LogP contribution in [0.1, 0.15) is 12.5 Å². The molecule has 0 fully saturated rings. The first-order chi connectivity index (χ1) is 15.1. The molecule has 8 heteroatoms. The molecule has 0 bridgehead atoms. The fourth-order valence-corrected chi connectivity index (χ4v) is 3.50. The van der Waals surface area contributed by atoms with Gasteiger partial charge in [-0.3, -0.25) is 14.5 Å². The lowest BCUT2D eigenvalue weighted by molar-refractivity contribution is -0.137. The highest BCUT2D eigenvalue weighted by molar-refractivity contribution is 6.36. The van der Waals surface area contributed by atoms with Crippen LogP contribution in [0.25, 0.3) is 5.57 Å². The Morgan fingerprint density at radius 1 is 1.00 bits per heavy atom. The fraction of sp³-hybridized carbons (Fsp3) is 0.304. The van der Waals surface area contributed by atoms with Gasteiger partial charge < -0.3 is 24.3 Å². The van der Waals surface area contributed by atoms with Gasteiger partial charge in [0, 0.05) is 18.9 Å². The number of ether oxygens (including phenoxy) is 4. The maximum atomic E-state index is 13.1. The summed E-state index contributed by atoms with van der Waals surface area (Å²) in [5.74, 6) is 1.16. The van der Waals surface area contributed by atoms with Gasteiger partial charge in [0.2, 0.25) is 0 Å². The third kappa shape index (κ3) is 4.20. The SMILES string of the molecule is CCOc1ccc(C2=C(Nc3ccc4c(c3)OCCO4)C(=O)N(CCOC)C2=O)cc1. The molecule has 8 nitrogen and oxygen atoms in total. The van der Waals surface area contributed by atoms with E-state index in [-0.39, 0.29) is 24.8 Å². The summed E-state index contributed by atoms with van der Waals surface area (Å²) in [5.41, 5.74) is 1.76. The molecule has 2 aliphatic rings. The van der Waals surface area contributed by atoms with Crippen molar-refractivity contribution in [3.05, 3.63) is 53.7 Å². The van der Waals surface area contributed by atoms with E-state index in [0.717, 1.165) is 0 Å². The van der Waals surface area contributed by atoms with Crippen molar-refractivity contribution in [2.24, 2.45) is 0 Å². The van der Waals surface area contributed by atoms with Crippen LogP contribution < -0.4 is 19.5 Å². The van der Waals surface area contributed by atoms with Crippen LogP contribution in [0.2, 0.25) is 0 Å². The summed E-state index contributed by atoms with van der Waals surface area (Å²) in [4.78, 5) is 27.4. The zero-order chi connectivity index (χ0) is 21.8. The van der Waals surface area contributed by atoms with E-state index in [1.165, 1.54) is 12.0 Å². The number of hydrogen-bond donors (Lipinski definition) is 1. The minimum Gasteiger partial charge on any atom is -0.494 e. The first-order valence-electron chi connectivity index (χ1n) is 10.1. The Labute approximate surface area is 180 Å². The van der Waals surface area contributed by atoms with Crippen LogP contribution in [0.4, 0.5) is 5.69 Å². The monoisotopic (exact) mass is 424 g/mol. The molecule has 0 spiro atoms. The normalized spacial score (nSPS) is 15.5. The number of carbonyl (C=O) groups excluding carboxylic acids is 2. The summed E-state index contributed by atoms with van der Waals surface area (Å²) in [6.45, 7) is 3.82. The van der Waals surface area contributed by atoms with E-state index >= 15 is 0 Å². The molecule has 0 saturated heterocycles. The largest absolute Gasteiger partial charge is 0.494 e. The highest BCUT2D eigenvalue weighted by Crippen LogP contribution is 2.35. The van der Waals surface area contributed by atoms with Crippen LogP contribution in [0.15, 0.2) is 48.2 Å². The quantitative estimate of drug-likeness (QED) is 0.652. The molecular formula is C23H24N2O6. The summed E-state index contributed by atoms with van der Waals surface area (Å²) in [7, 11) is 1.53. The highest BCUT2D eigenvalue weighted by atomic mass is 16.6. The van der Waals surface area contributed by atoms with Gasteiger partial charge in [-0.1, -0.05) is 12.1 Å². The van der Waals surface area contributed by atoms with Crippen LogP contribution >= 0.6 is 0 Å². The summed E-state index contributed by atoms with van der Waals surface area (Å²) >= 11 is 0. The molecule has 0 aromatic heterocycles. The lowest BCUT2D eigenvalue weighted by Gasteiger charge is -2.19. The van der Waals surface area contributed by atoms with Gasteiger partial charge in [-0.15, -0.1) is 0 Å². The first kappa shape index (κ1) is 20.7. The number of nitrogens with zero attached hydrogens (tertiary/aromatic N) is 1. The van der Waals surface area contributed by atoms with Crippen molar-refractivity contribution in [2.75, 3.05) is 45.4 Å². The van der Waals surface area contributed by atoms with Gasteiger partial charge in [-0.2, -0.15) is 0 Å². The number of fused-ring (bicyclic) bond motifs is 1. The Hall–Kier alpha value is -3.52. The Morgan fingerprint density at radius 3 is 2.45 bits per heavy atom. The Bertz CT molecular complexity index is 1020. The smallest absolute Gasteiger partial charge is 0.278 e. The van der Waals surface area contributed by atoms with Crippen LogP contribution in [0, 0.1) is 0 Å². The zero-order valence-corrected chi connectivity index (χ0v) is 17.5. The molecule has 4 rings (SSSR count). The lowest BCUT2D eigenvalue weighted by atomic mass is 10.0. The van der Waals surface area contributed by atoms with Gasteiger partial charge in [-0.25, -0.2) is 0 Å². The standard InChI is InChI=1S/C23H24N2O6/c1-3-29-17-7-4-15(5-8-17)20-21(23(27)25(22(20)26)10-11-28-2)24-16-6-9-18-19(14-16)31-13-12-30-18/h4-9,14,24H,3,10-13H2,1-2H3. The number of methoxy groups -OCH3 is 1. The fourth-order valence-electron chi connectivity index (χ4n) is 3.50. The molecule has 1 N–H and O–H groups in total. The van der Waals surface area contributed by atoms with Crippen molar-refractivity contribution >= 4 is 23.1 Å². The molecule has 2 aromatic carbocycles. The van der Waals surface area contributed by atoms with Crippen LogP contribution in [0.3, 0.4) is 0 Å². The number of nitrogens with one attached hydrogen (secondary N) is 1. The Balaban J connectivity index is 1.70. The van der Waals surface area contributed by atoms with Crippen molar-refractivity contribution in [1.29, 1.82) is 0 Å². The lowest BCUT2D eigenvalue weighted by Crippen LogP contribution is -2.35. The van der Waals surface area contributed by atoms with E-state index in [1.807, 2.05) is 6.92 Å². The minimum atomic E-state index is -0.402. The summed E-state index contributed by atoms with van der Waals surface area (Å²) in [6, 6.07) is 12.4. The van der Waals surface area contributed by atoms with Gasteiger partial charge >= 0.3 is 0 Å². The molecule has 2 aromatic rings. The number of anilines is 1. The first-order valence-corrected chi connectivity index (χ1v) is 10.1. The number of hydrogen-bond acceptors (Lipinski definition) is 7. The average Bonchev–Trinajstić information content (AvgIpc) is 3.02. The highest BCUT2D eigenvalue weighted by Gasteiger charge is 2.39. The Morgan fingerprint density at radius 2 is 1.74 bits per heavy atom. The minimum absolute atomic E-state index is 0.168. The average molecular weight is 424 g/mol. The van der Waals surface area contributed by atoms with E-state index in [4.69, 9.17) is 18.9 Å². The number of carbonyl (C=O) groups is 2. The topological polar surface area (TPSA) is 86.3 Å². The summed E-state index contributed by atoms with van der Waals surface area (Å²) < 4.78 is 21.7. The third-order valence-electron chi connectivity index (χ3n) is 4.95. The molecule has 0 atom stereocenters. The molecular weight excluding hydrogens is 400 g/mol. The van der Waals surface area contributed by atoms with Gasteiger partial charge in [-0.05, 0) is 36.8 Å². The molecule has 0 saturated carbocycles. The molecule has 2 heterocycles. The van der Waals surface area contributed by atoms with E-state index in [0.29, 0.717) is 53.9 Å². The Kier molecular flexibility index (Phi) is 6.08. The maximum Gasteiger partial charge on any atom is 0.278 e. The molecule has 2 amide bonds. The molecule has 0 aliphatic carbocycles. The zero-order valence-electron chi connectivity index (χ0n) is 17.5. The van der Waals surface area contributed by atoms with Crippen molar-refractivity contribution in [3.8, 4) is 17.2 Å². The van der Waals surface area contributed by atoms with Gasteiger partial charge in [0.1, 0.15) is 24.7 Å². The summed E-state index contributed by atoms with van der Waals surface area (Å²) in [6.07, 6.45) is 0. The molecule has 0 radical (unpaired) electrons. The number of benzene rings is 2. The van der Waals surface area contributed by atoms with Gasteiger partial charge in [0.25, 0.3) is 11.8 Å². The predicted molar refractivity (Wildman–Crippen MR) is 114 cm³/mol. The molecule has 31 heavy (non-hydrogen) atoms. The predicted octanol–water partition coefficient (Wildman–Crippen LogP) is 2.69. The second kappa shape index (κ2) is 9.09. The third-order valence-corrected chi connectivity index (χ3v) is 4.95. The van der Waals surface area contributed by atoms with Crippen LogP contribution in [-0.2, 0) is 14.3 Å². The molecule has 162 valence electrons. The van der Waals surface area contributed by atoms with Crippen LogP contribution in [0.5, 0.6) is 17.2 Å². The molecule has 2 aliphatic heterocycles. The van der Waals surface area contributed by atoms with Crippen molar-refractivity contribution in [2.45, 2.75) is 6.92 Å². The molecule has 0 unspecified atom stereocenters. The van der Waals surface area contributed by atoms with Crippen LogP contribution in [-0.4, -0.2) is 56.8 Å². The maximum absolute atomic E-state index is 13.1. The number of imide groups is 1. The summed E-state index contributed by atoms with van der Waals surface area (Å²) in [5, 5.41) is 3.13.